The van der Waals surface area contributed by atoms with Gasteiger partial charge in [0.15, 0.2) is 5.82 Å². The molecule has 0 aliphatic heterocycles. The summed E-state index contributed by atoms with van der Waals surface area (Å²) >= 11 is 0. The minimum atomic E-state index is -0.288. The number of carbonyl (C=O) groups excluding carboxylic acids is 1. The lowest BCUT2D eigenvalue weighted by Crippen LogP contribution is -2.16. The predicted octanol–water partition coefficient (Wildman–Crippen LogP) is 2.83. The molecule has 0 bridgehead atoms. The van der Waals surface area contributed by atoms with Crippen LogP contribution in [0.1, 0.15) is 21.5 Å². The smallest absolute Gasteiger partial charge is 0.281 e. The van der Waals surface area contributed by atoms with Crippen LogP contribution >= 0.6 is 0 Å². The summed E-state index contributed by atoms with van der Waals surface area (Å²) in [6, 6.07) is 15.0. The molecule has 0 amide bonds. The van der Waals surface area contributed by atoms with Gasteiger partial charge in [0.2, 0.25) is 5.95 Å². The van der Waals surface area contributed by atoms with Crippen molar-refractivity contribution in [3.8, 4) is 11.4 Å². The van der Waals surface area contributed by atoms with E-state index in [1.54, 1.807) is 12.1 Å². The molecule has 3 aromatic rings. The van der Waals surface area contributed by atoms with E-state index in [1.165, 1.54) is 0 Å². The molecule has 0 saturated heterocycles. The molecular formula is C17H16N4O. The first-order valence-corrected chi connectivity index (χ1v) is 6.95. The molecule has 5 nitrogen and oxygen atoms in total. The standard InChI is InChI=1S/C17H16N4O/c1-11-6-8-13(9-7-11)16(22)21-17(18)19-15(20-21)14-5-3-4-12(2)10-14/h3-10H,1-2H3,(H2,18,19,20). The van der Waals surface area contributed by atoms with Gasteiger partial charge < -0.3 is 5.73 Å². The van der Waals surface area contributed by atoms with E-state index in [1.807, 2.05) is 50.2 Å². The lowest BCUT2D eigenvalue weighted by Gasteiger charge is -2.02. The van der Waals surface area contributed by atoms with Crippen LogP contribution in [0.25, 0.3) is 11.4 Å². The number of nitrogens with zero attached hydrogens (tertiary/aromatic N) is 3. The van der Waals surface area contributed by atoms with E-state index in [-0.39, 0.29) is 11.9 Å². The zero-order valence-electron chi connectivity index (χ0n) is 12.4. The Bertz CT molecular complexity index is 834. The van der Waals surface area contributed by atoms with Gasteiger partial charge in [0.1, 0.15) is 0 Å². The molecular weight excluding hydrogens is 276 g/mol. The molecule has 0 radical (unpaired) electrons. The Morgan fingerprint density at radius 2 is 1.77 bits per heavy atom. The van der Waals surface area contributed by atoms with E-state index in [2.05, 4.69) is 10.1 Å². The quantitative estimate of drug-likeness (QED) is 0.788. The second kappa shape index (κ2) is 5.44. The monoisotopic (exact) mass is 292 g/mol. The highest BCUT2D eigenvalue weighted by molar-refractivity contribution is 5.96. The van der Waals surface area contributed by atoms with Gasteiger partial charge in [-0.1, -0.05) is 41.5 Å². The third-order valence-electron chi connectivity index (χ3n) is 3.40. The fourth-order valence-corrected chi connectivity index (χ4v) is 2.20. The average Bonchev–Trinajstić information content (AvgIpc) is 2.89. The largest absolute Gasteiger partial charge is 0.368 e. The third-order valence-corrected chi connectivity index (χ3v) is 3.40. The van der Waals surface area contributed by atoms with Crippen molar-refractivity contribution >= 4 is 11.9 Å². The number of benzene rings is 2. The molecule has 3 rings (SSSR count). The molecule has 5 heteroatoms. The molecule has 0 saturated carbocycles. The summed E-state index contributed by atoms with van der Waals surface area (Å²) in [6.45, 7) is 3.95. The molecule has 0 atom stereocenters. The van der Waals surface area contributed by atoms with Gasteiger partial charge in [-0.25, -0.2) is 0 Å². The summed E-state index contributed by atoms with van der Waals surface area (Å²) in [5, 5.41) is 4.25. The summed E-state index contributed by atoms with van der Waals surface area (Å²) in [6.07, 6.45) is 0. The van der Waals surface area contributed by atoms with E-state index in [0.717, 1.165) is 21.4 Å². The van der Waals surface area contributed by atoms with Crippen molar-refractivity contribution in [2.75, 3.05) is 5.73 Å². The van der Waals surface area contributed by atoms with Crippen molar-refractivity contribution in [3.63, 3.8) is 0 Å². The second-order valence-corrected chi connectivity index (χ2v) is 5.25. The van der Waals surface area contributed by atoms with Crippen LogP contribution in [0.4, 0.5) is 5.95 Å². The molecule has 1 aromatic heterocycles. The van der Waals surface area contributed by atoms with Gasteiger partial charge in [0.05, 0.1) is 0 Å². The van der Waals surface area contributed by atoms with E-state index in [9.17, 15) is 4.79 Å². The van der Waals surface area contributed by atoms with Crippen molar-refractivity contribution in [2.24, 2.45) is 0 Å². The number of hydrogen-bond acceptors (Lipinski definition) is 4. The van der Waals surface area contributed by atoms with Gasteiger partial charge in [-0.2, -0.15) is 9.67 Å². The Morgan fingerprint density at radius 3 is 2.45 bits per heavy atom. The molecule has 1 heterocycles. The maximum absolute atomic E-state index is 12.5. The molecule has 110 valence electrons. The Labute approximate surface area is 128 Å². The summed E-state index contributed by atoms with van der Waals surface area (Å²) < 4.78 is 1.14. The van der Waals surface area contributed by atoms with Crippen LogP contribution < -0.4 is 5.73 Å². The molecule has 0 aliphatic carbocycles. The van der Waals surface area contributed by atoms with Gasteiger partial charge in [0.25, 0.3) is 5.91 Å². The molecule has 0 fully saturated rings. The van der Waals surface area contributed by atoms with E-state index in [0.29, 0.717) is 11.4 Å². The van der Waals surface area contributed by atoms with Crippen LogP contribution in [0.5, 0.6) is 0 Å². The van der Waals surface area contributed by atoms with Crippen LogP contribution in [0, 0.1) is 13.8 Å². The van der Waals surface area contributed by atoms with E-state index in [4.69, 9.17) is 5.73 Å². The zero-order valence-corrected chi connectivity index (χ0v) is 12.4. The van der Waals surface area contributed by atoms with Crippen molar-refractivity contribution < 1.29 is 4.79 Å². The molecule has 22 heavy (non-hydrogen) atoms. The molecule has 2 N–H and O–H groups in total. The minimum Gasteiger partial charge on any atom is -0.368 e. The number of nitrogen functional groups attached to an aromatic ring is 1. The van der Waals surface area contributed by atoms with Gasteiger partial charge in [-0.05, 0) is 32.0 Å². The van der Waals surface area contributed by atoms with E-state index >= 15 is 0 Å². The zero-order chi connectivity index (χ0) is 15.7. The van der Waals surface area contributed by atoms with Crippen LogP contribution in [0.15, 0.2) is 48.5 Å². The topological polar surface area (TPSA) is 73.8 Å². The average molecular weight is 292 g/mol. The number of hydrogen-bond donors (Lipinski definition) is 1. The second-order valence-electron chi connectivity index (χ2n) is 5.25. The van der Waals surface area contributed by atoms with Crippen molar-refractivity contribution in [1.82, 2.24) is 14.8 Å². The van der Waals surface area contributed by atoms with Crippen molar-refractivity contribution in [2.45, 2.75) is 13.8 Å². The van der Waals surface area contributed by atoms with Gasteiger partial charge >= 0.3 is 0 Å². The van der Waals surface area contributed by atoms with Crippen molar-refractivity contribution in [3.05, 3.63) is 65.2 Å². The summed E-state index contributed by atoms with van der Waals surface area (Å²) in [4.78, 5) is 16.7. The van der Waals surface area contributed by atoms with E-state index < -0.39 is 0 Å². The Hall–Kier alpha value is -2.95. The first-order valence-electron chi connectivity index (χ1n) is 6.95. The van der Waals surface area contributed by atoms with Gasteiger partial charge in [-0.3, -0.25) is 4.79 Å². The van der Waals surface area contributed by atoms with Crippen molar-refractivity contribution in [1.29, 1.82) is 0 Å². The first-order chi connectivity index (χ1) is 10.5. The van der Waals surface area contributed by atoms with Crippen LogP contribution in [-0.2, 0) is 0 Å². The van der Waals surface area contributed by atoms with Crippen LogP contribution in [0.2, 0.25) is 0 Å². The third kappa shape index (κ3) is 2.61. The Kier molecular flexibility index (Phi) is 3.47. The number of carbonyl (C=O) groups is 1. The minimum absolute atomic E-state index is 0.0853. The predicted molar refractivity (Wildman–Crippen MR) is 85.5 cm³/mol. The maximum Gasteiger partial charge on any atom is 0.281 e. The molecule has 2 aromatic carbocycles. The maximum atomic E-state index is 12.5. The fraction of sp³-hybridized carbons (Fsp3) is 0.118. The number of anilines is 1. The normalized spacial score (nSPS) is 10.6. The van der Waals surface area contributed by atoms with Gasteiger partial charge in [-0.15, -0.1) is 5.10 Å². The molecule has 0 spiro atoms. The number of nitrogens with two attached hydrogens (primary N) is 1. The number of rotatable bonds is 2. The Morgan fingerprint density at radius 1 is 1.05 bits per heavy atom. The highest BCUT2D eigenvalue weighted by Crippen LogP contribution is 2.18. The lowest BCUT2D eigenvalue weighted by atomic mass is 10.1. The summed E-state index contributed by atoms with van der Waals surface area (Å²) in [5.74, 6) is 0.243. The fourth-order valence-electron chi connectivity index (χ4n) is 2.20. The first kappa shape index (κ1) is 14.0. The highest BCUT2D eigenvalue weighted by Gasteiger charge is 2.16. The summed E-state index contributed by atoms with van der Waals surface area (Å²) in [5.41, 5.74) is 9.40. The lowest BCUT2D eigenvalue weighted by molar-refractivity contribution is 0.0948. The molecule has 0 aliphatic rings. The van der Waals surface area contributed by atoms with Crippen LogP contribution in [-0.4, -0.2) is 20.7 Å². The number of aryl methyl sites for hydroxylation is 2. The molecule has 0 unspecified atom stereocenters. The number of aromatic nitrogens is 3. The SMILES string of the molecule is Cc1ccc(C(=O)n2nc(-c3cccc(C)c3)nc2N)cc1. The Balaban J connectivity index is 1.99. The van der Waals surface area contributed by atoms with Gasteiger partial charge in [0, 0.05) is 11.1 Å². The summed E-state index contributed by atoms with van der Waals surface area (Å²) in [7, 11) is 0. The highest BCUT2D eigenvalue weighted by atomic mass is 16.2. The van der Waals surface area contributed by atoms with Crippen LogP contribution in [0.3, 0.4) is 0 Å².